The maximum Gasteiger partial charge on any atom is 0.224 e. The number of carbonyl (C=O) groups is 1. The van der Waals surface area contributed by atoms with Crippen LogP contribution in [0, 0.1) is 0 Å². The minimum absolute atomic E-state index is 0.160. The van der Waals surface area contributed by atoms with Crippen LogP contribution in [0.15, 0.2) is 0 Å². The zero-order valence-corrected chi connectivity index (χ0v) is 11.4. The SMILES string of the molecule is CN(C)CC(O)CNCCC(=O)N1CCOCC1. The first-order valence-electron chi connectivity index (χ1n) is 6.48. The Morgan fingerprint density at radius 2 is 2.11 bits per heavy atom. The first kappa shape index (κ1) is 15.4. The lowest BCUT2D eigenvalue weighted by atomic mass is 10.3. The lowest BCUT2D eigenvalue weighted by molar-refractivity contribution is -0.135. The molecule has 0 bridgehead atoms. The molecule has 0 radical (unpaired) electrons. The third-order valence-electron chi connectivity index (χ3n) is 2.84. The first-order chi connectivity index (χ1) is 8.59. The van der Waals surface area contributed by atoms with Crippen LogP contribution < -0.4 is 5.32 Å². The lowest BCUT2D eigenvalue weighted by Gasteiger charge is -2.27. The van der Waals surface area contributed by atoms with E-state index in [0.717, 1.165) is 0 Å². The highest BCUT2D eigenvalue weighted by Crippen LogP contribution is 1.99. The van der Waals surface area contributed by atoms with Crippen LogP contribution in [0.5, 0.6) is 0 Å². The molecule has 1 amide bonds. The van der Waals surface area contributed by atoms with Crippen molar-refractivity contribution in [2.45, 2.75) is 12.5 Å². The Bertz CT molecular complexity index is 243. The van der Waals surface area contributed by atoms with Crippen LogP contribution in [0.3, 0.4) is 0 Å². The molecule has 1 unspecified atom stereocenters. The molecule has 0 spiro atoms. The van der Waals surface area contributed by atoms with Crippen LogP contribution in [-0.4, -0.2) is 87.0 Å². The molecule has 1 aliphatic heterocycles. The molecule has 1 aliphatic rings. The highest BCUT2D eigenvalue weighted by molar-refractivity contribution is 5.76. The third kappa shape index (κ3) is 6.30. The Morgan fingerprint density at radius 3 is 2.72 bits per heavy atom. The van der Waals surface area contributed by atoms with E-state index in [0.29, 0.717) is 52.4 Å². The number of ether oxygens (including phenoxy) is 1. The largest absolute Gasteiger partial charge is 0.390 e. The van der Waals surface area contributed by atoms with E-state index in [1.807, 2.05) is 23.9 Å². The second-order valence-corrected chi connectivity index (χ2v) is 4.86. The molecular weight excluding hydrogens is 234 g/mol. The zero-order chi connectivity index (χ0) is 13.4. The van der Waals surface area contributed by atoms with E-state index in [-0.39, 0.29) is 5.91 Å². The van der Waals surface area contributed by atoms with Gasteiger partial charge in [-0.3, -0.25) is 4.79 Å². The molecule has 0 saturated carbocycles. The van der Waals surface area contributed by atoms with E-state index in [4.69, 9.17) is 4.74 Å². The standard InChI is InChI=1S/C12H25N3O3/c1-14(2)10-11(16)9-13-4-3-12(17)15-5-7-18-8-6-15/h11,13,16H,3-10H2,1-2H3. The minimum atomic E-state index is -0.390. The summed E-state index contributed by atoms with van der Waals surface area (Å²) in [5.41, 5.74) is 0. The van der Waals surface area contributed by atoms with Gasteiger partial charge in [-0.05, 0) is 14.1 Å². The van der Waals surface area contributed by atoms with Crippen molar-refractivity contribution >= 4 is 5.91 Å². The molecule has 0 aromatic carbocycles. The van der Waals surface area contributed by atoms with Gasteiger partial charge in [0.2, 0.25) is 5.91 Å². The van der Waals surface area contributed by atoms with Crippen LogP contribution in [0.4, 0.5) is 0 Å². The Labute approximate surface area is 109 Å². The number of rotatable bonds is 7. The number of hydrogen-bond donors (Lipinski definition) is 2. The molecule has 0 aromatic rings. The molecule has 6 nitrogen and oxygen atoms in total. The summed E-state index contributed by atoms with van der Waals surface area (Å²) < 4.78 is 5.20. The quantitative estimate of drug-likeness (QED) is 0.559. The van der Waals surface area contributed by atoms with E-state index >= 15 is 0 Å². The lowest BCUT2D eigenvalue weighted by Crippen LogP contribution is -2.42. The zero-order valence-electron chi connectivity index (χ0n) is 11.4. The van der Waals surface area contributed by atoms with Gasteiger partial charge in [0.15, 0.2) is 0 Å². The van der Waals surface area contributed by atoms with Crippen molar-refractivity contribution < 1.29 is 14.6 Å². The van der Waals surface area contributed by atoms with Crippen LogP contribution in [-0.2, 0) is 9.53 Å². The molecule has 0 aliphatic carbocycles. The third-order valence-corrected chi connectivity index (χ3v) is 2.84. The molecule has 1 rings (SSSR count). The normalized spacial score (nSPS) is 18.1. The molecule has 1 saturated heterocycles. The van der Waals surface area contributed by atoms with Crippen molar-refractivity contribution in [1.29, 1.82) is 0 Å². The van der Waals surface area contributed by atoms with Crippen LogP contribution in [0.2, 0.25) is 0 Å². The van der Waals surface area contributed by atoms with E-state index in [1.165, 1.54) is 0 Å². The van der Waals surface area contributed by atoms with Gasteiger partial charge in [0.1, 0.15) is 0 Å². The summed E-state index contributed by atoms with van der Waals surface area (Å²) in [7, 11) is 3.84. The Kier molecular flexibility index (Phi) is 7.19. The van der Waals surface area contributed by atoms with Crippen molar-refractivity contribution in [3.05, 3.63) is 0 Å². The molecule has 18 heavy (non-hydrogen) atoms. The smallest absolute Gasteiger partial charge is 0.224 e. The first-order valence-corrected chi connectivity index (χ1v) is 6.48. The molecule has 6 heteroatoms. The number of aliphatic hydroxyl groups is 1. The maximum atomic E-state index is 11.8. The summed E-state index contributed by atoms with van der Waals surface area (Å²) >= 11 is 0. The number of morpholine rings is 1. The van der Waals surface area contributed by atoms with E-state index in [1.54, 1.807) is 0 Å². The van der Waals surface area contributed by atoms with E-state index < -0.39 is 6.10 Å². The molecule has 106 valence electrons. The maximum absolute atomic E-state index is 11.8. The van der Waals surface area contributed by atoms with Gasteiger partial charge in [0.25, 0.3) is 0 Å². The van der Waals surface area contributed by atoms with Gasteiger partial charge in [-0.2, -0.15) is 0 Å². The van der Waals surface area contributed by atoms with Gasteiger partial charge in [0.05, 0.1) is 19.3 Å². The topological polar surface area (TPSA) is 65.0 Å². The van der Waals surface area contributed by atoms with Gasteiger partial charge in [-0.25, -0.2) is 0 Å². The number of carbonyl (C=O) groups excluding carboxylic acids is 1. The van der Waals surface area contributed by atoms with Crippen LogP contribution in [0.1, 0.15) is 6.42 Å². The Morgan fingerprint density at radius 1 is 1.44 bits per heavy atom. The van der Waals surface area contributed by atoms with Gasteiger partial charge in [-0.1, -0.05) is 0 Å². The molecule has 2 N–H and O–H groups in total. The van der Waals surface area contributed by atoms with Crippen LogP contribution in [0.25, 0.3) is 0 Å². The summed E-state index contributed by atoms with van der Waals surface area (Å²) in [5, 5.41) is 12.7. The number of hydrogen-bond acceptors (Lipinski definition) is 5. The van der Waals surface area contributed by atoms with Gasteiger partial charge in [-0.15, -0.1) is 0 Å². The highest BCUT2D eigenvalue weighted by Gasteiger charge is 2.16. The predicted octanol–water partition coefficient (Wildman–Crippen LogP) is -1.25. The fourth-order valence-electron chi connectivity index (χ4n) is 1.92. The average molecular weight is 259 g/mol. The number of aliphatic hydroxyl groups excluding tert-OH is 1. The van der Waals surface area contributed by atoms with Crippen molar-refractivity contribution in [2.75, 3.05) is 60.0 Å². The minimum Gasteiger partial charge on any atom is -0.390 e. The van der Waals surface area contributed by atoms with E-state index in [9.17, 15) is 9.90 Å². The van der Waals surface area contributed by atoms with Gasteiger partial charge in [0, 0.05) is 39.1 Å². The molecule has 1 heterocycles. The van der Waals surface area contributed by atoms with Gasteiger partial charge >= 0.3 is 0 Å². The summed E-state index contributed by atoms with van der Waals surface area (Å²) in [6.07, 6.45) is 0.0905. The average Bonchev–Trinajstić information content (AvgIpc) is 2.34. The number of amides is 1. The summed E-state index contributed by atoms with van der Waals surface area (Å²) in [6.45, 7) is 4.44. The Hall–Kier alpha value is -0.690. The molecule has 0 aromatic heterocycles. The van der Waals surface area contributed by atoms with Crippen LogP contribution >= 0.6 is 0 Å². The summed E-state index contributed by atoms with van der Waals surface area (Å²) in [6, 6.07) is 0. The van der Waals surface area contributed by atoms with Crippen molar-refractivity contribution in [2.24, 2.45) is 0 Å². The second kappa shape index (κ2) is 8.42. The fraction of sp³-hybridized carbons (Fsp3) is 0.917. The Balaban J connectivity index is 2.04. The van der Waals surface area contributed by atoms with Crippen molar-refractivity contribution in [3.8, 4) is 0 Å². The summed E-state index contributed by atoms with van der Waals surface area (Å²) in [5.74, 6) is 0.160. The molecule has 1 atom stereocenters. The molecule has 1 fully saturated rings. The fourth-order valence-corrected chi connectivity index (χ4v) is 1.92. The number of nitrogens with one attached hydrogen (secondary N) is 1. The summed E-state index contributed by atoms with van der Waals surface area (Å²) in [4.78, 5) is 15.6. The second-order valence-electron chi connectivity index (χ2n) is 4.86. The van der Waals surface area contributed by atoms with Crippen molar-refractivity contribution in [3.63, 3.8) is 0 Å². The van der Waals surface area contributed by atoms with E-state index in [2.05, 4.69) is 5.32 Å². The van der Waals surface area contributed by atoms with Crippen molar-refractivity contribution in [1.82, 2.24) is 15.1 Å². The predicted molar refractivity (Wildman–Crippen MR) is 69.4 cm³/mol. The number of nitrogens with zero attached hydrogens (tertiary/aromatic N) is 2. The highest BCUT2D eigenvalue weighted by atomic mass is 16.5. The van der Waals surface area contributed by atoms with Gasteiger partial charge < -0.3 is 25.0 Å². The number of likely N-dealkylation sites (N-methyl/N-ethyl adjacent to an activating group) is 1. The monoisotopic (exact) mass is 259 g/mol. The molecular formula is C12H25N3O3.